The van der Waals surface area contributed by atoms with Crippen molar-refractivity contribution in [2.24, 2.45) is 0 Å². The number of esters is 1. The number of methoxy groups -OCH3 is 2. The van der Waals surface area contributed by atoms with Gasteiger partial charge in [0, 0.05) is 12.7 Å². The number of carbonyl (C=O) groups is 2. The highest BCUT2D eigenvalue weighted by atomic mass is 16.6. The summed E-state index contributed by atoms with van der Waals surface area (Å²) in [6.45, 7) is -0.367. The molecule has 146 valence electrons. The molecule has 2 aromatic carbocycles. The molecular weight excluding hydrogens is 366 g/mol. The molecule has 1 amide bonds. The minimum Gasteiger partial charge on any atom is -0.508 e. The van der Waals surface area contributed by atoms with Crippen LogP contribution in [0.5, 0.6) is 11.5 Å². The number of nitrogens with zero attached hydrogens (tertiary/aromatic N) is 1. The highest BCUT2D eigenvalue weighted by Crippen LogP contribution is 2.45. The van der Waals surface area contributed by atoms with Crippen LogP contribution in [0.1, 0.15) is 11.1 Å². The van der Waals surface area contributed by atoms with E-state index in [1.165, 1.54) is 55.6 Å². The largest absolute Gasteiger partial charge is 0.508 e. The SMILES string of the molecule is COCN1C(=O)C(c2ccc(O)cc2)=C(c2ccc(O)cc2)C1(O)C(=O)OC. The highest BCUT2D eigenvalue weighted by molar-refractivity contribution is 6.34. The monoisotopic (exact) mass is 385 g/mol. The second-order valence-electron chi connectivity index (χ2n) is 6.16. The van der Waals surface area contributed by atoms with E-state index in [1.54, 1.807) is 0 Å². The number of hydrogen-bond acceptors (Lipinski definition) is 7. The van der Waals surface area contributed by atoms with Crippen molar-refractivity contribution in [3.05, 3.63) is 59.7 Å². The van der Waals surface area contributed by atoms with Gasteiger partial charge in [0.15, 0.2) is 0 Å². The second-order valence-corrected chi connectivity index (χ2v) is 6.16. The first-order chi connectivity index (χ1) is 13.3. The quantitative estimate of drug-likeness (QED) is 0.665. The zero-order valence-corrected chi connectivity index (χ0v) is 15.2. The Labute approximate surface area is 160 Å². The van der Waals surface area contributed by atoms with Gasteiger partial charge in [-0.2, -0.15) is 0 Å². The Morgan fingerprint density at radius 2 is 1.46 bits per heavy atom. The van der Waals surface area contributed by atoms with Crippen molar-refractivity contribution in [3.8, 4) is 11.5 Å². The smallest absolute Gasteiger partial charge is 0.364 e. The molecule has 1 aliphatic rings. The van der Waals surface area contributed by atoms with Gasteiger partial charge in [-0.1, -0.05) is 24.3 Å². The van der Waals surface area contributed by atoms with Crippen molar-refractivity contribution in [3.63, 3.8) is 0 Å². The first-order valence-electron chi connectivity index (χ1n) is 8.29. The lowest BCUT2D eigenvalue weighted by molar-refractivity contribution is -0.182. The van der Waals surface area contributed by atoms with Crippen LogP contribution in [0.2, 0.25) is 0 Å². The third kappa shape index (κ3) is 2.98. The third-order valence-corrected chi connectivity index (χ3v) is 4.49. The molecule has 8 nitrogen and oxygen atoms in total. The van der Waals surface area contributed by atoms with Gasteiger partial charge in [-0.15, -0.1) is 0 Å². The van der Waals surface area contributed by atoms with E-state index < -0.39 is 17.6 Å². The fourth-order valence-corrected chi connectivity index (χ4v) is 3.20. The molecule has 3 rings (SSSR count). The Balaban J connectivity index is 2.34. The van der Waals surface area contributed by atoms with Gasteiger partial charge in [-0.25, -0.2) is 4.79 Å². The summed E-state index contributed by atoms with van der Waals surface area (Å²) in [5.74, 6) is -1.73. The molecule has 0 bridgehead atoms. The average Bonchev–Trinajstić information content (AvgIpc) is 2.91. The summed E-state index contributed by atoms with van der Waals surface area (Å²) in [6.07, 6.45) is 0. The van der Waals surface area contributed by atoms with Gasteiger partial charge >= 0.3 is 5.97 Å². The Hall–Kier alpha value is -3.36. The molecule has 0 radical (unpaired) electrons. The number of carbonyl (C=O) groups excluding carboxylic acids is 2. The fourth-order valence-electron chi connectivity index (χ4n) is 3.20. The van der Waals surface area contributed by atoms with Gasteiger partial charge in [0.2, 0.25) is 0 Å². The van der Waals surface area contributed by atoms with Crippen LogP contribution < -0.4 is 0 Å². The van der Waals surface area contributed by atoms with Crippen molar-refractivity contribution in [1.82, 2.24) is 4.90 Å². The fraction of sp³-hybridized carbons (Fsp3) is 0.200. The zero-order valence-electron chi connectivity index (χ0n) is 15.2. The summed E-state index contributed by atoms with van der Waals surface area (Å²) in [5.41, 5.74) is -1.68. The number of aliphatic hydroxyl groups is 1. The van der Waals surface area contributed by atoms with E-state index in [2.05, 4.69) is 0 Å². The summed E-state index contributed by atoms with van der Waals surface area (Å²) < 4.78 is 9.80. The van der Waals surface area contributed by atoms with Crippen LogP contribution in [0, 0.1) is 0 Å². The van der Waals surface area contributed by atoms with Crippen LogP contribution in [0.4, 0.5) is 0 Å². The summed E-state index contributed by atoms with van der Waals surface area (Å²) in [4.78, 5) is 26.6. The van der Waals surface area contributed by atoms with Crippen LogP contribution in [-0.4, -0.2) is 58.8 Å². The molecule has 1 atom stereocenters. The van der Waals surface area contributed by atoms with Gasteiger partial charge in [0.05, 0.1) is 12.7 Å². The van der Waals surface area contributed by atoms with E-state index in [0.29, 0.717) is 11.1 Å². The van der Waals surface area contributed by atoms with E-state index >= 15 is 0 Å². The Morgan fingerprint density at radius 1 is 0.964 bits per heavy atom. The van der Waals surface area contributed by atoms with E-state index in [-0.39, 0.29) is 29.4 Å². The lowest BCUT2D eigenvalue weighted by atomic mass is 9.90. The molecular formula is C20H19NO7. The summed E-state index contributed by atoms with van der Waals surface area (Å²) in [6, 6.07) is 11.5. The van der Waals surface area contributed by atoms with Crippen LogP contribution in [-0.2, 0) is 19.1 Å². The maximum Gasteiger partial charge on any atom is 0.364 e. The van der Waals surface area contributed by atoms with Crippen LogP contribution >= 0.6 is 0 Å². The van der Waals surface area contributed by atoms with Gasteiger partial charge in [-0.05, 0) is 35.4 Å². The van der Waals surface area contributed by atoms with Crippen LogP contribution in [0.25, 0.3) is 11.1 Å². The van der Waals surface area contributed by atoms with Gasteiger partial charge < -0.3 is 24.8 Å². The van der Waals surface area contributed by atoms with Crippen LogP contribution in [0.3, 0.4) is 0 Å². The first kappa shape index (κ1) is 19.4. The number of amides is 1. The maximum absolute atomic E-state index is 13.2. The Morgan fingerprint density at radius 3 is 1.93 bits per heavy atom. The van der Waals surface area contributed by atoms with E-state index in [9.17, 15) is 24.9 Å². The number of phenols is 2. The van der Waals surface area contributed by atoms with Crippen molar-refractivity contribution in [2.45, 2.75) is 5.72 Å². The lowest BCUT2D eigenvalue weighted by Gasteiger charge is -2.32. The average molecular weight is 385 g/mol. The molecule has 1 aliphatic heterocycles. The van der Waals surface area contributed by atoms with Crippen molar-refractivity contribution < 1.29 is 34.4 Å². The van der Waals surface area contributed by atoms with Gasteiger partial charge in [0.25, 0.3) is 11.6 Å². The standard InChI is InChI=1S/C20H19NO7/c1-27-11-21-18(24)16(12-3-7-14(22)8-4-12)17(20(21,26)19(25)28-2)13-5-9-15(23)10-6-13/h3-10,22-23,26H,11H2,1-2H3. The summed E-state index contributed by atoms with van der Waals surface area (Å²) in [7, 11) is 2.42. The second kappa shape index (κ2) is 7.34. The van der Waals surface area contributed by atoms with Gasteiger partial charge in [0.1, 0.15) is 18.2 Å². The molecule has 2 aromatic rings. The Kier molecular flexibility index (Phi) is 5.08. The normalized spacial score (nSPS) is 19.2. The molecule has 8 heteroatoms. The molecule has 0 saturated heterocycles. The van der Waals surface area contributed by atoms with Crippen molar-refractivity contribution in [2.75, 3.05) is 21.0 Å². The predicted molar refractivity (Wildman–Crippen MR) is 98.7 cm³/mol. The minimum atomic E-state index is -2.44. The number of hydrogen-bond donors (Lipinski definition) is 3. The molecule has 1 unspecified atom stereocenters. The molecule has 3 N–H and O–H groups in total. The molecule has 0 saturated carbocycles. The number of phenolic OH excluding ortho intramolecular Hbond substituents is 2. The molecule has 0 spiro atoms. The van der Waals surface area contributed by atoms with Crippen LogP contribution in [0.15, 0.2) is 48.5 Å². The Bertz CT molecular complexity index is 934. The predicted octanol–water partition coefficient (Wildman–Crippen LogP) is 1.32. The lowest BCUT2D eigenvalue weighted by Crippen LogP contribution is -2.55. The molecule has 28 heavy (non-hydrogen) atoms. The molecule has 0 aliphatic carbocycles. The van der Waals surface area contributed by atoms with Crippen molar-refractivity contribution >= 4 is 23.0 Å². The van der Waals surface area contributed by atoms with E-state index in [0.717, 1.165) is 12.0 Å². The number of ether oxygens (including phenoxy) is 2. The summed E-state index contributed by atoms with van der Waals surface area (Å²) >= 11 is 0. The minimum absolute atomic E-state index is 0.00189. The number of aromatic hydroxyl groups is 2. The molecule has 0 aromatic heterocycles. The number of benzene rings is 2. The van der Waals surface area contributed by atoms with E-state index in [1.807, 2.05) is 0 Å². The zero-order chi connectivity index (χ0) is 20.5. The number of rotatable bonds is 5. The third-order valence-electron chi connectivity index (χ3n) is 4.49. The summed E-state index contributed by atoms with van der Waals surface area (Å²) in [5, 5.41) is 30.5. The molecule has 0 fully saturated rings. The van der Waals surface area contributed by atoms with Crippen molar-refractivity contribution in [1.29, 1.82) is 0 Å². The first-order valence-corrected chi connectivity index (χ1v) is 8.29. The maximum atomic E-state index is 13.2. The van der Waals surface area contributed by atoms with E-state index in [4.69, 9.17) is 9.47 Å². The highest BCUT2D eigenvalue weighted by Gasteiger charge is 2.57. The topological polar surface area (TPSA) is 117 Å². The van der Waals surface area contributed by atoms with Gasteiger partial charge in [-0.3, -0.25) is 9.69 Å². The molecule has 1 heterocycles.